The summed E-state index contributed by atoms with van der Waals surface area (Å²) in [7, 11) is 0. The van der Waals surface area contributed by atoms with Crippen molar-refractivity contribution in [1.29, 1.82) is 0 Å². The van der Waals surface area contributed by atoms with Gasteiger partial charge in [-0.05, 0) is 28.4 Å². The monoisotopic (exact) mass is 652 g/mol. The van der Waals surface area contributed by atoms with Crippen LogP contribution < -0.4 is 0 Å². The first-order valence-electron chi connectivity index (χ1n) is 13.1. The summed E-state index contributed by atoms with van der Waals surface area (Å²) in [6.45, 7) is 20.0. The minimum Gasteiger partial charge on any atom is -0.358 e. The first-order valence-corrected chi connectivity index (χ1v) is 14.8. The molecule has 0 heterocycles. The van der Waals surface area contributed by atoms with Gasteiger partial charge >= 0.3 is 28.4 Å². The van der Waals surface area contributed by atoms with Crippen molar-refractivity contribution in [3.8, 4) is 11.1 Å². The number of hydrogen-bond acceptors (Lipinski definition) is 0. The van der Waals surface area contributed by atoms with Crippen LogP contribution >= 0.6 is 24.8 Å². The Hall–Kier alpha value is -1.53. The second-order valence-electron chi connectivity index (χ2n) is 11.8. The number of rotatable bonds is 0. The van der Waals surface area contributed by atoms with Crippen LogP contribution in [-0.4, -0.2) is 4.21 Å². The molecule has 0 saturated heterocycles. The first kappa shape index (κ1) is 40.6. The molecule has 40 heavy (non-hydrogen) atoms. The molecule has 5 rings (SSSR count). The van der Waals surface area contributed by atoms with Gasteiger partial charge in [0.25, 0.3) is 0 Å². The molecule has 0 fully saturated rings. The molecule has 0 saturated carbocycles. The van der Waals surface area contributed by atoms with E-state index in [9.17, 15) is 0 Å². The number of allylic oxidation sites excluding steroid dienone is 4. The van der Waals surface area contributed by atoms with Crippen molar-refractivity contribution >= 4 is 29.0 Å². The van der Waals surface area contributed by atoms with Crippen LogP contribution in [0.25, 0.3) is 11.1 Å². The van der Waals surface area contributed by atoms with Crippen molar-refractivity contribution in [2.45, 2.75) is 79.6 Å². The summed E-state index contributed by atoms with van der Waals surface area (Å²) in [6.07, 6.45) is 6.55. The molecule has 218 valence electrons. The van der Waals surface area contributed by atoms with Crippen LogP contribution in [0.5, 0.6) is 0 Å². The zero-order valence-electron chi connectivity index (χ0n) is 26.2. The Morgan fingerprint density at radius 2 is 1.40 bits per heavy atom. The van der Waals surface area contributed by atoms with Crippen molar-refractivity contribution in [3.63, 3.8) is 0 Å². The Bertz CT molecular complexity index is 1120. The summed E-state index contributed by atoms with van der Waals surface area (Å²) in [4.78, 5) is 0. The maximum Gasteiger partial charge on any atom is -0.171 e. The van der Waals surface area contributed by atoms with E-state index in [0.29, 0.717) is 5.92 Å². The van der Waals surface area contributed by atoms with E-state index in [-0.39, 0.29) is 43.1 Å². The topological polar surface area (TPSA) is 0 Å². The van der Waals surface area contributed by atoms with Gasteiger partial charge in [0, 0.05) is 0 Å². The largest absolute Gasteiger partial charge is 0.358 e. The Morgan fingerprint density at radius 3 is 1.77 bits per heavy atom. The molecule has 0 spiro atoms. The minimum atomic E-state index is 0. The number of hydrogen-bond donors (Lipinski definition) is 0. The van der Waals surface area contributed by atoms with Crippen LogP contribution in [-0.2, 0) is 41.5 Å². The van der Waals surface area contributed by atoms with E-state index in [0.717, 1.165) is 6.42 Å². The molecule has 0 amide bonds. The molecule has 2 aliphatic carbocycles. The summed E-state index contributed by atoms with van der Waals surface area (Å²) in [5, 5.41) is 0. The van der Waals surface area contributed by atoms with Gasteiger partial charge < -0.3 is 7.43 Å². The molecule has 0 bridgehead atoms. The SMILES string of the molecule is CC(C)(C)c1[c-]c2c(cc1)-c1ccc(C(C)(C)C)cc1C2.CC1=[C-]C(C)C=C1C.Cl.Cl.[CH2]=[Zr].[CH3-].[c-]1ccccc1. The van der Waals surface area contributed by atoms with Crippen LogP contribution in [0.3, 0.4) is 0 Å². The van der Waals surface area contributed by atoms with Crippen LogP contribution in [0.4, 0.5) is 0 Å². The molecule has 3 aromatic carbocycles. The van der Waals surface area contributed by atoms with Gasteiger partial charge in [-0.1, -0.05) is 85.1 Å². The summed E-state index contributed by atoms with van der Waals surface area (Å²) in [6, 6.07) is 27.7. The smallest absolute Gasteiger partial charge is 0.171 e. The average molecular weight is 655 g/mol. The van der Waals surface area contributed by atoms with Gasteiger partial charge in [-0.2, -0.15) is 66.2 Å². The quantitative estimate of drug-likeness (QED) is 0.166. The number of fused-ring (bicyclic) bond motifs is 3. The van der Waals surface area contributed by atoms with E-state index >= 15 is 0 Å². The Balaban J connectivity index is 0. The standard InChI is InChI=1S/C21H25.C8H11.C6H5.CH3.CH2.2ClH.Zr/c1-20(2,3)16-7-9-18-14(12-16)11-15-13-17(21(4,5)6)8-10-19(15)18;1-6-4-7(2)8(3)5-6;1-2-4-6-5-3-1;;;;;/h7-10,12H,11H2,1-6H3;4,6H,1-3H3;1-5H;1H3;1H2;2*1H;/q4*-1;;;;. The predicted molar refractivity (Wildman–Crippen MR) is 180 cm³/mol. The summed E-state index contributed by atoms with van der Waals surface area (Å²) >= 11 is 1.30. The summed E-state index contributed by atoms with van der Waals surface area (Å²) in [5.41, 5.74) is 11.4. The normalized spacial score (nSPS) is 14.2. The minimum absolute atomic E-state index is 0. The first-order chi connectivity index (χ1) is 17.4. The van der Waals surface area contributed by atoms with Crippen molar-refractivity contribution < 1.29 is 24.2 Å². The number of benzene rings is 3. The third kappa shape index (κ3) is 11.8. The molecular weight excluding hydrogens is 607 g/mol. The van der Waals surface area contributed by atoms with E-state index in [1.165, 1.54) is 68.8 Å². The molecular formula is C37H48Cl2Zr-4. The fourth-order valence-corrected chi connectivity index (χ4v) is 4.37. The third-order valence-corrected chi connectivity index (χ3v) is 6.61. The molecule has 1 unspecified atom stereocenters. The Labute approximate surface area is 273 Å². The molecule has 0 radical (unpaired) electrons. The van der Waals surface area contributed by atoms with Crippen LogP contribution in [0.15, 0.2) is 77.9 Å². The van der Waals surface area contributed by atoms with Crippen molar-refractivity contribution in [2.75, 3.05) is 0 Å². The summed E-state index contributed by atoms with van der Waals surface area (Å²) < 4.78 is 3.34. The maximum atomic E-state index is 3.67. The van der Waals surface area contributed by atoms with Gasteiger partial charge in [0.15, 0.2) is 0 Å². The third-order valence-electron chi connectivity index (χ3n) is 6.61. The molecule has 0 N–H and O–H groups in total. The zero-order valence-corrected chi connectivity index (χ0v) is 30.2. The van der Waals surface area contributed by atoms with Crippen molar-refractivity contribution in [3.05, 3.63) is 126 Å². The molecule has 2 aliphatic rings. The van der Waals surface area contributed by atoms with E-state index in [2.05, 4.69) is 121 Å². The van der Waals surface area contributed by atoms with Gasteiger partial charge in [-0.15, -0.1) is 42.9 Å². The van der Waals surface area contributed by atoms with Gasteiger partial charge in [0.05, 0.1) is 0 Å². The van der Waals surface area contributed by atoms with Gasteiger partial charge in [0.1, 0.15) is 0 Å². The average Bonchev–Trinajstić information content (AvgIpc) is 3.37. The van der Waals surface area contributed by atoms with E-state index in [4.69, 9.17) is 0 Å². The Morgan fingerprint density at radius 1 is 0.825 bits per heavy atom. The fourth-order valence-electron chi connectivity index (χ4n) is 4.37. The van der Waals surface area contributed by atoms with Gasteiger partial charge in [0.2, 0.25) is 0 Å². The van der Waals surface area contributed by atoms with Crippen molar-refractivity contribution in [1.82, 2.24) is 0 Å². The fraction of sp³-hybridized carbons (Fsp3) is 0.351. The zero-order chi connectivity index (χ0) is 27.8. The summed E-state index contributed by atoms with van der Waals surface area (Å²) in [5.74, 6) is 0.551. The van der Waals surface area contributed by atoms with Crippen molar-refractivity contribution in [2.24, 2.45) is 5.92 Å². The molecule has 1 atom stereocenters. The van der Waals surface area contributed by atoms with Gasteiger partial charge in [-0.25, -0.2) is 11.1 Å². The molecule has 3 aromatic rings. The van der Waals surface area contributed by atoms with E-state index in [1.54, 1.807) is 0 Å². The van der Waals surface area contributed by atoms with Crippen LogP contribution in [0, 0.1) is 31.6 Å². The van der Waals surface area contributed by atoms with E-state index in [1.807, 2.05) is 30.3 Å². The van der Waals surface area contributed by atoms with Crippen LogP contribution in [0.2, 0.25) is 0 Å². The molecule has 0 aliphatic heterocycles. The molecule has 0 nitrogen and oxygen atoms in total. The van der Waals surface area contributed by atoms with Gasteiger partial charge in [-0.3, -0.25) is 6.08 Å². The predicted octanol–water partition coefficient (Wildman–Crippen LogP) is 10.7. The van der Waals surface area contributed by atoms with Crippen LogP contribution in [0.1, 0.15) is 84.6 Å². The Kier molecular flexibility index (Phi) is 18.4. The second-order valence-corrected chi connectivity index (χ2v) is 11.8. The molecule has 0 aromatic heterocycles. The number of halogens is 2. The maximum absolute atomic E-state index is 3.67. The van der Waals surface area contributed by atoms with E-state index < -0.39 is 0 Å². The molecule has 3 heteroatoms. The second kappa shape index (κ2) is 18.1.